The van der Waals surface area contributed by atoms with E-state index >= 15 is 0 Å². The first-order valence-corrected chi connectivity index (χ1v) is 4.96. The van der Waals surface area contributed by atoms with Crippen LogP contribution in [0.25, 0.3) is 0 Å². The van der Waals surface area contributed by atoms with Crippen LogP contribution >= 0.6 is 0 Å². The molecule has 1 aliphatic heterocycles. The van der Waals surface area contributed by atoms with Crippen molar-refractivity contribution in [3.8, 4) is 0 Å². The van der Waals surface area contributed by atoms with Gasteiger partial charge in [-0.05, 0) is 6.92 Å². The topological polar surface area (TPSA) is 89.2 Å². The van der Waals surface area contributed by atoms with Gasteiger partial charge in [0.2, 0.25) is 11.8 Å². The Balaban J connectivity index is 2.23. The van der Waals surface area contributed by atoms with Crippen LogP contribution in [0.1, 0.15) is 12.1 Å². The number of aromatic nitrogens is 2. The predicted molar refractivity (Wildman–Crippen MR) is 56.4 cm³/mol. The SMILES string of the molecule is Cc1cncc(N2CC(C(N)=O)CC2=O)n1. The highest BCUT2D eigenvalue weighted by Gasteiger charge is 2.34. The summed E-state index contributed by atoms with van der Waals surface area (Å²) in [5.74, 6) is -0.524. The van der Waals surface area contributed by atoms with Crippen molar-refractivity contribution in [3.63, 3.8) is 0 Å². The van der Waals surface area contributed by atoms with Gasteiger partial charge in [0, 0.05) is 19.2 Å². The minimum Gasteiger partial charge on any atom is -0.369 e. The van der Waals surface area contributed by atoms with Crippen molar-refractivity contribution in [2.45, 2.75) is 13.3 Å². The predicted octanol–water partition coefficient (Wildman–Crippen LogP) is -0.377. The molecule has 2 amide bonds. The van der Waals surface area contributed by atoms with Gasteiger partial charge in [0.05, 0.1) is 17.8 Å². The molecule has 1 aliphatic rings. The van der Waals surface area contributed by atoms with E-state index in [1.165, 1.54) is 11.1 Å². The Morgan fingerprint density at radius 2 is 2.31 bits per heavy atom. The molecule has 2 heterocycles. The van der Waals surface area contributed by atoms with E-state index < -0.39 is 11.8 Å². The maximum absolute atomic E-state index is 11.7. The zero-order valence-corrected chi connectivity index (χ0v) is 8.88. The summed E-state index contributed by atoms with van der Waals surface area (Å²) in [6.07, 6.45) is 3.27. The van der Waals surface area contributed by atoms with E-state index in [2.05, 4.69) is 9.97 Å². The van der Waals surface area contributed by atoms with Crippen molar-refractivity contribution in [2.75, 3.05) is 11.4 Å². The number of carbonyl (C=O) groups is 2. The van der Waals surface area contributed by atoms with Gasteiger partial charge in [-0.15, -0.1) is 0 Å². The van der Waals surface area contributed by atoms with Gasteiger partial charge < -0.3 is 5.73 Å². The molecule has 1 unspecified atom stereocenters. The Bertz CT molecular complexity index is 446. The van der Waals surface area contributed by atoms with Crippen molar-refractivity contribution in [1.82, 2.24) is 9.97 Å². The molecule has 2 rings (SSSR count). The van der Waals surface area contributed by atoms with E-state index in [4.69, 9.17) is 5.73 Å². The van der Waals surface area contributed by atoms with Crippen molar-refractivity contribution in [1.29, 1.82) is 0 Å². The summed E-state index contributed by atoms with van der Waals surface area (Å²) in [6.45, 7) is 2.09. The standard InChI is InChI=1S/C10H12N4O2/c1-6-3-12-4-8(13-6)14-5-7(10(11)16)2-9(14)15/h3-4,7H,2,5H2,1H3,(H2,11,16). The fourth-order valence-electron chi connectivity index (χ4n) is 1.70. The van der Waals surface area contributed by atoms with Crippen LogP contribution in [0.3, 0.4) is 0 Å². The minimum atomic E-state index is -0.448. The van der Waals surface area contributed by atoms with Crippen LogP contribution in [0.15, 0.2) is 12.4 Å². The number of carbonyl (C=O) groups excluding carboxylic acids is 2. The number of hydrogen-bond acceptors (Lipinski definition) is 4. The van der Waals surface area contributed by atoms with Gasteiger partial charge in [0.15, 0.2) is 5.82 Å². The third-order valence-electron chi connectivity index (χ3n) is 2.55. The highest BCUT2D eigenvalue weighted by molar-refractivity contribution is 5.99. The molecule has 1 aromatic rings. The second-order valence-corrected chi connectivity index (χ2v) is 3.83. The lowest BCUT2D eigenvalue weighted by atomic mass is 10.1. The molecule has 6 nitrogen and oxygen atoms in total. The normalized spacial score (nSPS) is 20.2. The van der Waals surface area contributed by atoms with Gasteiger partial charge >= 0.3 is 0 Å². The molecule has 16 heavy (non-hydrogen) atoms. The number of primary amides is 1. The van der Waals surface area contributed by atoms with Gasteiger partial charge in [0.1, 0.15) is 0 Å². The zero-order chi connectivity index (χ0) is 11.7. The molecule has 84 valence electrons. The van der Waals surface area contributed by atoms with Crippen molar-refractivity contribution in [3.05, 3.63) is 18.1 Å². The minimum absolute atomic E-state index is 0.135. The largest absolute Gasteiger partial charge is 0.369 e. The fraction of sp³-hybridized carbons (Fsp3) is 0.400. The van der Waals surface area contributed by atoms with Crippen LogP contribution in [0.2, 0.25) is 0 Å². The van der Waals surface area contributed by atoms with Gasteiger partial charge in [-0.25, -0.2) is 4.98 Å². The summed E-state index contributed by atoms with van der Waals surface area (Å²) in [5.41, 5.74) is 5.91. The Kier molecular flexibility index (Phi) is 2.55. The molecular weight excluding hydrogens is 208 g/mol. The molecule has 0 spiro atoms. The molecule has 1 saturated heterocycles. The van der Waals surface area contributed by atoms with Crippen LogP contribution in [-0.2, 0) is 9.59 Å². The maximum atomic E-state index is 11.7. The maximum Gasteiger partial charge on any atom is 0.229 e. The molecule has 1 fully saturated rings. The number of nitrogens with zero attached hydrogens (tertiary/aromatic N) is 3. The van der Waals surface area contributed by atoms with Gasteiger partial charge in [0.25, 0.3) is 0 Å². The second-order valence-electron chi connectivity index (χ2n) is 3.83. The summed E-state index contributed by atoms with van der Waals surface area (Å²) in [7, 11) is 0. The lowest BCUT2D eigenvalue weighted by Crippen LogP contribution is -2.29. The first-order chi connectivity index (χ1) is 7.58. The smallest absolute Gasteiger partial charge is 0.229 e. The Morgan fingerprint density at radius 3 is 2.88 bits per heavy atom. The lowest BCUT2D eigenvalue weighted by molar-refractivity contribution is -0.123. The summed E-state index contributed by atoms with van der Waals surface area (Å²) < 4.78 is 0. The van der Waals surface area contributed by atoms with E-state index in [0.29, 0.717) is 12.4 Å². The number of rotatable bonds is 2. The van der Waals surface area contributed by atoms with Crippen molar-refractivity contribution in [2.24, 2.45) is 11.7 Å². The third kappa shape index (κ3) is 1.86. The molecule has 1 atom stereocenters. The Hall–Kier alpha value is -1.98. The number of hydrogen-bond donors (Lipinski definition) is 1. The molecule has 0 radical (unpaired) electrons. The first kappa shape index (κ1) is 10.5. The molecule has 0 bridgehead atoms. The van der Waals surface area contributed by atoms with Crippen LogP contribution in [0.5, 0.6) is 0 Å². The van der Waals surface area contributed by atoms with E-state index in [9.17, 15) is 9.59 Å². The van der Waals surface area contributed by atoms with E-state index in [1.54, 1.807) is 13.1 Å². The lowest BCUT2D eigenvalue weighted by Gasteiger charge is -2.14. The molecule has 0 aliphatic carbocycles. The number of amides is 2. The van der Waals surface area contributed by atoms with Crippen LogP contribution in [0.4, 0.5) is 5.82 Å². The zero-order valence-electron chi connectivity index (χ0n) is 8.88. The molecule has 1 aromatic heterocycles. The van der Waals surface area contributed by atoms with Gasteiger partial charge in [-0.3, -0.25) is 19.5 Å². The van der Waals surface area contributed by atoms with Gasteiger partial charge in [-0.1, -0.05) is 0 Å². The van der Waals surface area contributed by atoms with E-state index in [1.807, 2.05) is 0 Å². The van der Waals surface area contributed by atoms with Gasteiger partial charge in [-0.2, -0.15) is 0 Å². The highest BCUT2D eigenvalue weighted by Crippen LogP contribution is 2.22. The Labute approximate surface area is 92.5 Å². The number of nitrogens with two attached hydrogens (primary N) is 1. The summed E-state index contributed by atoms with van der Waals surface area (Å²) in [4.78, 5) is 32.3. The molecule has 0 saturated carbocycles. The average Bonchev–Trinajstić information content (AvgIpc) is 2.60. The highest BCUT2D eigenvalue weighted by atomic mass is 16.2. The van der Waals surface area contributed by atoms with Crippen LogP contribution in [-0.4, -0.2) is 28.3 Å². The third-order valence-corrected chi connectivity index (χ3v) is 2.55. The van der Waals surface area contributed by atoms with Crippen LogP contribution < -0.4 is 10.6 Å². The van der Waals surface area contributed by atoms with Crippen molar-refractivity contribution >= 4 is 17.6 Å². The molecular formula is C10H12N4O2. The van der Waals surface area contributed by atoms with Crippen molar-refractivity contribution < 1.29 is 9.59 Å². The summed E-state index contributed by atoms with van der Waals surface area (Å²) >= 11 is 0. The monoisotopic (exact) mass is 220 g/mol. The average molecular weight is 220 g/mol. The quantitative estimate of drug-likeness (QED) is 0.735. The van der Waals surface area contributed by atoms with E-state index in [0.717, 1.165) is 5.69 Å². The summed E-state index contributed by atoms with van der Waals surface area (Å²) in [6, 6.07) is 0. The van der Waals surface area contributed by atoms with E-state index in [-0.39, 0.29) is 12.3 Å². The summed E-state index contributed by atoms with van der Waals surface area (Å²) in [5, 5.41) is 0. The van der Waals surface area contributed by atoms with Crippen LogP contribution in [0, 0.1) is 12.8 Å². The number of aryl methyl sites for hydroxylation is 1. The molecule has 0 aromatic carbocycles. The fourth-order valence-corrected chi connectivity index (χ4v) is 1.70. The number of anilines is 1. The molecule has 6 heteroatoms. The molecule has 2 N–H and O–H groups in total. The Morgan fingerprint density at radius 1 is 1.56 bits per heavy atom. The second kappa shape index (κ2) is 3.88. The first-order valence-electron chi connectivity index (χ1n) is 4.96.